The van der Waals surface area contributed by atoms with Gasteiger partial charge in [-0.3, -0.25) is 39.4 Å². The van der Waals surface area contributed by atoms with E-state index >= 15 is 0 Å². The predicted molar refractivity (Wildman–Crippen MR) is 196 cm³/mol. The van der Waals surface area contributed by atoms with E-state index in [-0.39, 0.29) is 29.2 Å². The molecule has 3 aliphatic heterocycles. The zero-order valence-electron chi connectivity index (χ0n) is 30.2. The molecule has 1 unspecified atom stereocenters. The Balaban J connectivity index is 0.900. The standard InChI is InChI=1S/C39H47N7O6/c1-43-22-31(30-21-40-42-37(30)39(43)50)29-19-33(51-2)32(34(20-29)52-3)23-45-14-16-46(17-15-45)36(48)24-44-12-10-27(11-13-44)26-6-4-25(5-7-26)18-28-8-9-35(47)41-38(28)49/h4-7,19-22,27-28H,8-18,23-24H2,1-3H3,(H,40,42)(H,41,47,49). The molecular formula is C39H47N7O6. The van der Waals surface area contributed by atoms with E-state index < -0.39 is 0 Å². The van der Waals surface area contributed by atoms with Gasteiger partial charge in [0.15, 0.2) is 0 Å². The Kier molecular flexibility index (Phi) is 10.4. The number of carbonyl (C=O) groups excluding carboxylic acids is 3. The van der Waals surface area contributed by atoms with E-state index in [2.05, 4.69) is 49.6 Å². The number of fused-ring (bicyclic) bond motifs is 1. The van der Waals surface area contributed by atoms with Crippen LogP contribution in [0.5, 0.6) is 11.5 Å². The molecule has 2 aromatic heterocycles. The SMILES string of the molecule is COc1cc(-c2cn(C)c(=O)c3[nH]ncc23)cc(OC)c1CN1CCN(C(=O)CN2CCC(c3ccc(CC4CCC(=O)NC4=O)cc3)CC2)CC1. The van der Waals surface area contributed by atoms with Gasteiger partial charge in [0.05, 0.1) is 32.5 Å². The lowest BCUT2D eigenvalue weighted by atomic mass is 9.87. The van der Waals surface area contributed by atoms with Crippen molar-refractivity contribution in [2.75, 3.05) is 60.0 Å². The number of aromatic nitrogens is 3. The summed E-state index contributed by atoms with van der Waals surface area (Å²) < 4.78 is 13.3. The largest absolute Gasteiger partial charge is 0.496 e. The molecule has 0 saturated carbocycles. The van der Waals surface area contributed by atoms with E-state index in [1.54, 1.807) is 38.2 Å². The van der Waals surface area contributed by atoms with Gasteiger partial charge in [-0.1, -0.05) is 24.3 Å². The lowest BCUT2D eigenvalue weighted by Gasteiger charge is -2.37. The lowest BCUT2D eigenvalue weighted by Crippen LogP contribution is -2.51. The molecular weight excluding hydrogens is 662 g/mol. The summed E-state index contributed by atoms with van der Waals surface area (Å²) in [6, 6.07) is 12.5. The van der Waals surface area contributed by atoms with Crippen molar-refractivity contribution >= 4 is 28.6 Å². The second-order valence-corrected chi connectivity index (χ2v) is 14.3. The number of nitrogens with zero attached hydrogens (tertiary/aromatic N) is 5. The predicted octanol–water partition coefficient (Wildman–Crippen LogP) is 3.06. The Morgan fingerprint density at radius 2 is 1.60 bits per heavy atom. The van der Waals surface area contributed by atoms with E-state index in [0.29, 0.717) is 68.4 Å². The number of pyridine rings is 1. The van der Waals surface area contributed by atoms with E-state index in [9.17, 15) is 19.2 Å². The fraction of sp³-hybridized carbons (Fsp3) is 0.462. The van der Waals surface area contributed by atoms with Gasteiger partial charge in [-0.25, -0.2) is 0 Å². The molecule has 1 atom stereocenters. The Labute approximate surface area is 302 Å². The molecule has 3 saturated heterocycles. The molecule has 5 heterocycles. The number of aryl methyl sites for hydroxylation is 1. The smallest absolute Gasteiger partial charge is 0.276 e. The summed E-state index contributed by atoms with van der Waals surface area (Å²) in [5.74, 6) is 1.54. The third-order valence-electron chi connectivity index (χ3n) is 11.0. The molecule has 7 rings (SSSR count). The Morgan fingerprint density at radius 3 is 2.25 bits per heavy atom. The molecule has 3 aliphatic rings. The normalized spacial score (nSPS) is 19.2. The maximum absolute atomic E-state index is 13.4. The van der Waals surface area contributed by atoms with Crippen LogP contribution in [0.25, 0.3) is 22.0 Å². The minimum atomic E-state index is -0.178. The summed E-state index contributed by atoms with van der Waals surface area (Å²) in [5, 5.41) is 10.1. The number of hydrogen-bond acceptors (Lipinski definition) is 9. The van der Waals surface area contributed by atoms with Gasteiger partial charge in [0.1, 0.15) is 17.0 Å². The van der Waals surface area contributed by atoms with E-state index in [1.165, 1.54) is 5.56 Å². The van der Waals surface area contributed by atoms with Gasteiger partial charge in [0.2, 0.25) is 17.7 Å². The number of benzene rings is 2. The Bertz CT molecular complexity index is 1980. The fourth-order valence-corrected chi connectivity index (χ4v) is 7.92. The Morgan fingerprint density at radius 1 is 0.904 bits per heavy atom. The average molecular weight is 710 g/mol. The van der Waals surface area contributed by atoms with Crippen molar-refractivity contribution in [3.63, 3.8) is 0 Å². The summed E-state index contributed by atoms with van der Waals surface area (Å²) in [6.45, 7) is 5.66. The lowest BCUT2D eigenvalue weighted by molar-refractivity contribution is -0.136. The molecule has 2 aromatic carbocycles. The summed E-state index contributed by atoms with van der Waals surface area (Å²) in [5.41, 5.74) is 5.38. The number of ether oxygens (including phenoxy) is 2. The van der Waals surface area contributed by atoms with Crippen molar-refractivity contribution in [3.05, 3.63) is 75.8 Å². The van der Waals surface area contributed by atoms with Crippen LogP contribution in [-0.4, -0.2) is 107 Å². The van der Waals surface area contributed by atoms with Crippen molar-refractivity contribution in [1.29, 1.82) is 0 Å². The number of piperazine rings is 1. The van der Waals surface area contributed by atoms with Crippen LogP contribution in [-0.2, 0) is 34.4 Å². The van der Waals surface area contributed by atoms with Gasteiger partial charge in [0.25, 0.3) is 5.56 Å². The number of methoxy groups -OCH3 is 2. The van der Waals surface area contributed by atoms with E-state index in [0.717, 1.165) is 66.7 Å². The van der Waals surface area contributed by atoms with Crippen molar-refractivity contribution < 1.29 is 23.9 Å². The Hall–Kier alpha value is -5.01. The van der Waals surface area contributed by atoms with Crippen LogP contribution >= 0.6 is 0 Å². The number of aromatic amines is 1. The number of imide groups is 1. The highest BCUT2D eigenvalue weighted by Crippen LogP contribution is 2.38. The first-order valence-electron chi connectivity index (χ1n) is 18.1. The fourth-order valence-electron chi connectivity index (χ4n) is 7.92. The molecule has 0 bridgehead atoms. The van der Waals surface area contributed by atoms with Crippen LogP contribution in [0.3, 0.4) is 0 Å². The van der Waals surface area contributed by atoms with Crippen molar-refractivity contribution in [1.82, 2.24) is 34.8 Å². The van der Waals surface area contributed by atoms with Crippen molar-refractivity contribution in [2.24, 2.45) is 13.0 Å². The van der Waals surface area contributed by atoms with Crippen LogP contribution < -0.4 is 20.3 Å². The zero-order chi connectivity index (χ0) is 36.4. The van der Waals surface area contributed by atoms with Crippen LogP contribution in [0.2, 0.25) is 0 Å². The highest BCUT2D eigenvalue weighted by Gasteiger charge is 2.29. The van der Waals surface area contributed by atoms with Gasteiger partial charge >= 0.3 is 0 Å². The number of H-pyrrole nitrogens is 1. The van der Waals surface area contributed by atoms with Crippen molar-refractivity contribution in [2.45, 2.75) is 44.6 Å². The highest BCUT2D eigenvalue weighted by atomic mass is 16.5. The second kappa shape index (κ2) is 15.3. The summed E-state index contributed by atoms with van der Waals surface area (Å²) >= 11 is 0. The second-order valence-electron chi connectivity index (χ2n) is 14.3. The van der Waals surface area contributed by atoms with Crippen LogP contribution in [0.4, 0.5) is 0 Å². The first kappa shape index (κ1) is 35.4. The molecule has 0 spiro atoms. The monoisotopic (exact) mass is 709 g/mol. The molecule has 3 fully saturated rings. The van der Waals surface area contributed by atoms with Gasteiger partial charge in [0, 0.05) is 69.3 Å². The third-order valence-corrected chi connectivity index (χ3v) is 11.0. The summed E-state index contributed by atoms with van der Waals surface area (Å²) in [6.07, 6.45) is 7.15. The molecule has 274 valence electrons. The van der Waals surface area contributed by atoms with Crippen LogP contribution in [0.1, 0.15) is 48.3 Å². The van der Waals surface area contributed by atoms with Crippen molar-refractivity contribution in [3.8, 4) is 22.6 Å². The molecule has 52 heavy (non-hydrogen) atoms. The number of amides is 3. The number of piperidine rings is 2. The molecule has 0 aliphatic carbocycles. The number of rotatable bonds is 10. The maximum Gasteiger partial charge on any atom is 0.276 e. The summed E-state index contributed by atoms with van der Waals surface area (Å²) in [7, 11) is 5.02. The quantitative estimate of drug-likeness (QED) is 0.238. The molecule has 2 N–H and O–H groups in total. The van der Waals surface area contributed by atoms with Gasteiger partial charge < -0.3 is 18.9 Å². The van der Waals surface area contributed by atoms with Gasteiger partial charge in [-0.15, -0.1) is 0 Å². The van der Waals surface area contributed by atoms with Crippen LogP contribution in [0, 0.1) is 5.92 Å². The number of nitrogens with one attached hydrogen (secondary N) is 2. The number of carbonyl (C=O) groups is 3. The number of hydrogen-bond donors (Lipinski definition) is 2. The minimum absolute atomic E-state index is 0.141. The third kappa shape index (κ3) is 7.47. The number of likely N-dealkylation sites (tertiary alicyclic amines) is 1. The maximum atomic E-state index is 13.4. The zero-order valence-corrected chi connectivity index (χ0v) is 30.2. The molecule has 13 nitrogen and oxygen atoms in total. The molecule has 13 heteroatoms. The van der Waals surface area contributed by atoms with Gasteiger partial charge in [-0.2, -0.15) is 5.10 Å². The van der Waals surface area contributed by atoms with Crippen LogP contribution in [0.15, 0.2) is 53.6 Å². The average Bonchev–Trinajstić information content (AvgIpc) is 3.66. The minimum Gasteiger partial charge on any atom is -0.496 e. The molecule has 4 aromatic rings. The first-order valence-corrected chi connectivity index (χ1v) is 18.1. The van der Waals surface area contributed by atoms with E-state index in [4.69, 9.17) is 9.47 Å². The topological polar surface area (TPSA) is 142 Å². The highest BCUT2D eigenvalue weighted by molar-refractivity contribution is 5.98. The first-order chi connectivity index (χ1) is 25.2. The molecule has 3 amide bonds. The van der Waals surface area contributed by atoms with Gasteiger partial charge in [-0.05, 0) is 73.5 Å². The van der Waals surface area contributed by atoms with E-state index in [1.807, 2.05) is 17.0 Å². The summed E-state index contributed by atoms with van der Waals surface area (Å²) in [4.78, 5) is 56.2. The molecule has 0 radical (unpaired) electrons.